The molecule has 1 amide bonds. The van der Waals surface area contributed by atoms with E-state index in [2.05, 4.69) is 16.4 Å². The van der Waals surface area contributed by atoms with E-state index in [9.17, 15) is 9.90 Å². The zero-order valence-corrected chi connectivity index (χ0v) is 11.2. The number of thiophene rings is 1. The van der Waals surface area contributed by atoms with Crippen LogP contribution in [0.5, 0.6) is 5.75 Å². The highest BCUT2D eigenvalue weighted by atomic mass is 32.1. The van der Waals surface area contributed by atoms with Gasteiger partial charge in [-0.15, -0.1) is 11.3 Å². The van der Waals surface area contributed by atoms with Crippen LogP contribution in [0, 0.1) is 25.2 Å². The summed E-state index contributed by atoms with van der Waals surface area (Å²) in [5, 5.41) is 21.6. The highest BCUT2D eigenvalue weighted by Crippen LogP contribution is 2.31. The fourth-order valence-corrected chi connectivity index (χ4v) is 2.58. The van der Waals surface area contributed by atoms with Crippen molar-refractivity contribution in [2.45, 2.75) is 13.8 Å². The fraction of sp³-hybridized carbons (Fsp3) is 0.154. The molecule has 0 aliphatic rings. The minimum atomic E-state index is -0.402. The molecule has 0 radical (unpaired) electrons. The van der Waals surface area contributed by atoms with Gasteiger partial charge in [0.05, 0.1) is 17.3 Å². The molecule has 2 heterocycles. The molecule has 0 aliphatic carbocycles. The molecule has 19 heavy (non-hydrogen) atoms. The van der Waals surface area contributed by atoms with Crippen molar-refractivity contribution >= 4 is 22.2 Å². The van der Waals surface area contributed by atoms with Gasteiger partial charge in [0.25, 0.3) is 5.91 Å². The Labute approximate surface area is 114 Å². The number of hydrogen-bond donors (Lipinski definition) is 2. The summed E-state index contributed by atoms with van der Waals surface area (Å²) in [5.74, 6) is -0.479. The number of carbonyl (C=O) groups is 1. The summed E-state index contributed by atoms with van der Waals surface area (Å²) in [5.41, 5.74) is 1.59. The lowest BCUT2D eigenvalue weighted by Crippen LogP contribution is -2.11. The monoisotopic (exact) mass is 273 g/mol. The number of aromatic hydroxyl groups is 1. The number of aryl methyl sites for hydroxylation is 1. The predicted molar refractivity (Wildman–Crippen MR) is 72.4 cm³/mol. The van der Waals surface area contributed by atoms with Crippen LogP contribution in [0.1, 0.15) is 26.4 Å². The molecule has 2 N–H and O–H groups in total. The van der Waals surface area contributed by atoms with Gasteiger partial charge >= 0.3 is 0 Å². The van der Waals surface area contributed by atoms with Gasteiger partial charge in [-0.2, -0.15) is 5.26 Å². The number of anilines is 1. The molecule has 5 nitrogen and oxygen atoms in total. The summed E-state index contributed by atoms with van der Waals surface area (Å²) in [6.45, 7) is 3.74. The molecule has 2 aromatic heterocycles. The van der Waals surface area contributed by atoms with Crippen molar-refractivity contribution in [1.82, 2.24) is 4.98 Å². The molecule has 0 aromatic carbocycles. The molecule has 0 aliphatic heterocycles. The standard InChI is InChI=1S/C13H11N3O2S/c1-7-8(2)19-13(11(7)4-14)16-12(18)9-3-10(17)6-15-5-9/h3,5-6,17H,1-2H3,(H,16,18). The molecular weight excluding hydrogens is 262 g/mol. The van der Waals surface area contributed by atoms with E-state index >= 15 is 0 Å². The number of hydrogen-bond acceptors (Lipinski definition) is 5. The molecule has 0 fully saturated rings. The van der Waals surface area contributed by atoms with E-state index in [1.54, 1.807) is 0 Å². The number of rotatable bonds is 2. The van der Waals surface area contributed by atoms with Gasteiger partial charge in [0, 0.05) is 11.1 Å². The van der Waals surface area contributed by atoms with Gasteiger partial charge in [-0.3, -0.25) is 9.78 Å². The molecule has 96 valence electrons. The van der Waals surface area contributed by atoms with Gasteiger partial charge in [0.2, 0.25) is 0 Å². The zero-order chi connectivity index (χ0) is 14.0. The van der Waals surface area contributed by atoms with Gasteiger partial charge < -0.3 is 10.4 Å². The van der Waals surface area contributed by atoms with Crippen molar-refractivity contribution in [3.8, 4) is 11.8 Å². The number of pyridine rings is 1. The van der Waals surface area contributed by atoms with Crippen LogP contribution in [-0.4, -0.2) is 16.0 Å². The number of carbonyl (C=O) groups excluding carboxylic acids is 1. The topological polar surface area (TPSA) is 86.0 Å². The van der Waals surface area contributed by atoms with E-state index in [0.29, 0.717) is 10.6 Å². The third-order valence-electron chi connectivity index (χ3n) is 2.71. The van der Waals surface area contributed by atoms with Crippen LogP contribution in [-0.2, 0) is 0 Å². The first-order valence-electron chi connectivity index (χ1n) is 5.48. The second-order valence-corrected chi connectivity index (χ2v) is 5.21. The van der Waals surface area contributed by atoms with Gasteiger partial charge in [-0.25, -0.2) is 0 Å². The van der Waals surface area contributed by atoms with E-state index in [4.69, 9.17) is 5.26 Å². The average Bonchev–Trinajstić information content (AvgIpc) is 2.64. The van der Waals surface area contributed by atoms with Crippen LogP contribution in [0.2, 0.25) is 0 Å². The zero-order valence-electron chi connectivity index (χ0n) is 10.4. The third-order valence-corrected chi connectivity index (χ3v) is 3.83. The summed E-state index contributed by atoms with van der Waals surface area (Å²) in [6.07, 6.45) is 2.60. The van der Waals surface area contributed by atoms with E-state index in [1.165, 1.54) is 29.8 Å². The SMILES string of the molecule is Cc1sc(NC(=O)c2cncc(O)c2)c(C#N)c1C. The summed E-state index contributed by atoms with van der Waals surface area (Å²) >= 11 is 1.36. The molecule has 0 spiro atoms. The number of aromatic nitrogens is 1. The van der Waals surface area contributed by atoms with Crippen molar-refractivity contribution < 1.29 is 9.90 Å². The number of amides is 1. The van der Waals surface area contributed by atoms with E-state index in [-0.39, 0.29) is 11.3 Å². The number of nitrogens with one attached hydrogen (secondary N) is 1. The minimum absolute atomic E-state index is 0.0771. The Morgan fingerprint density at radius 2 is 2.21 bits per heavy atom. The van der Waals surface area contributed by atoms with Crippen LogP contribution in [0.25, 0.3) is 0 Å². The summed E-state index contributed by atoms with van der Waals surface area (Å²) < 4.78 is 0. The molecule has 0 saturated heterocycles. The van der Waals surface area contributed by atoms with E-state index in [0.717, 1.165) is 10.4 Å². The van der Waals surface area contributed by atoms with Gasteiger partial charge in [0.15, 0.2) is 0 Å². The molecule has 0 bridgehead atoms. The maximum absolute atomic E-state index is 12.0. The maximum atomic E-state index is 12.0. The quantitative estimate of drug-likeness (QED) is 0.880. The van der Waals surface area contributed by atoms with Crippen molar-refractivity contribution in [1.29, 1.82) is 5.26 Å². The second kappa shape index (κ2) is 5.08. The third kappa shape index (κ3) is 2.56. The average molecular weight is 273 g/mol. The second-order valence-electron chi connectivity index (χ2n) is 3.99. The minimum Gasteiger partial charge on any atom is -0.506 e. The van der Waals surface area contributed by atoms with Crippen LogP contribution in [0.4, 0.5) is 5.00 Å². The number of nitriles is 1. The molecule has 2 aromatic rings. The van der Waals surface area contributed by atoms with Crippen LogP contribution < -0.4 is 5.32 Å². The summed E-state index contributed by atoms with van der Waals surface area (Å²) in [7, 11) is 0. The Balaban J connectivity index is 2.30. The molecular formula is C13H11N3O2S. The first-order valence-corrected chi connectivity index (χ1v) is 6.30. The highest BCUT2D eigenvalue weighted by molar-refractivity contribution is 7.16. The van der Waals surface area contributed by atoms with Crippen molar-refractivity contribution in [3.05, 3.63) is 40.0 Å². The maximum Gasteiger partial charge on any atom is 0.258 e. The van der Waals surface area contributed by atoms with Gasteiger partial charge in [-0.05, 0) is 25.5 Å². The van der Waals surface area contributed by atoms with Crippen LogP contribution in [0.3, 0.4) is 0 Å². The van der Waals surface area contributed by atoms with E-state index in [1.807, 2.05) is 13.8 Å². The Bertz CT molecular complexity index is 686. The Morgan fingerprint density at radius 3 is 2.84 bits per heavy atom. The Morgan fingerprint density at radius 1 is 1.47 bits per heavy atom. The molecule has 0 atom stereocenters. The lowest BCUT2D eigenvalue weighted by Gasteiger charge is -2.03. The summed E-state index contributed by atoms with van der Waals surface area (Å²) in [4.78, 5) is 16.7. The lowest BCUT2D eigenvalue weighted by atomic mass is 10.2. The van der Waals surface area contributed by atoms with Crippen molar-refractivity contribution in [2.75, 3.05) is 5.32 Å². The van der Waals surface area contributed by atoms with Gasteiger partial charge in [0.1, 0.15) is 16.8 Å². The smallest absolute Gasteiger partial charge is 0.258 e. The summed E-state index contributed by atoms with van der Waals surface area (Å²) in [6, 6.07) is 3.40. The molecule has 0 saturated carbocycles. The first kappa shape index (κ1) is 13.1. The fourth-order valence-electron chi connectivity index (χ4n) is 1.58. The van der Waals surface area contributed by atoms with Crippen molar-refractivity contribution in [3.63, 3.8) is 0 Å². The normalized spacial score (nSPS) is 9.95. The molecule has 0 unspecified atom stereocenters. The van der Waals surface area contributed by atoms with E-state index < -0.39 is 5.91 Å². The number of nitrogens with zero attached hydrogens (tertiary/aromatic N) is 2. The van der Waals surface area contributed by atoms with Gasteiger partial charge in [-0.1, -0.05) is 0 Å². The largest absolute Gasteiger partial charge is 0.506 e. The highest BCUT2D eigenvalue weighted by Gasteiger charge is 2.15. The predicted octanol–water partition coefficient (Wildman–Crippen LogP) is 2.59. The first-order chi connectivity index (χ1) is 9.02. The van der Waals surface area contributed by atoms with Crippen molar-refractivity contribution in [2.24, 2.45) is 0 Å². The van der Waals surface area contributed by atoms with Crippen LogP contribution >= 0.6 is 11.3 Å². The Hall–Kier alpha value is -2.39. The lowest BCUT2D eigenvalue weighted by molar-refractivity contribution is 0.102. The molecule has 2 rings (SSSR count). The Kier molecular flexibility index (Phi) is 3.49. The van der Waals surface area contributed by atoms with Crippen LogP contribution in [0.15, 0.2) is 18.5 Å². The molecule has 6 heteroatoms.